The summed E-state index contributed by atoms with van der Waals surface area (Å²) in [5.74, 6) is 0.922. The number of aryl methyl sites for hydroxylation is 1. The second-order valence-electron chi connectivity index (χ2n) is 5.10. The summed E-state index contributed by atoms with van der Waals surface area (Å²) in [6.07, 6.45) is 3.28. The van der Waals surface area contributed by atoms with E-state index in [9.17, 15) is 0 Å². The summed E-state index contributed by atoms with van der Waals surface area (Å²) < 4.78 is 10.3. The molecular weight excluding hydrogens is 248 g/mol. The zero-order valence-corrected chi connectivity index (χ0v) is 11.2. The Balaban J connectivity index is 1.59. The van der Waals surface area contributed by atoms with Gasteiger partial charge in [0.15, 0.2) is 6.54 Å². The zero-order chi connectivity index (χ0) is 13.4. The molecule has 1 aromatic heterocycles. The van der Waals surface area contributed by atoms with Crippen LogP contribution in [0.2, 0.25) is 0 Å². The molecule has 3 aromatic rings. The van der Waals surface area contributed by atoms with Gasteiger partial charge in [-0.3, -0.25) is 4.68 Å². The first kappa shape index (κ1) is 11.4. The van der Waals surface area contributed by atoms with Crippen LogP contribution in [0.5, 0.6) is 5.75 Å². The molecule has 0 unspecified atom stereocenters. The Morgan fingerprint density at radius 1 is 1.15 bits per heavy atom. The number of benzene rings is 2. The molecule has 20 heavy (non-hydrogen) atoms. The van der Waals surface area contributed by atoms with Crippen molar-refractivity contribution in [3.63, 3.8) is 0 Å². The lowest BCUT2D eigenvalue weighted by atomic mass is 10.2. The van der Waals surface area contributed by atoms with Crippen molar-refractivity contribution in [1.29, 1.82) is 0 Å². The van der Waals surface area contributed by atoms with E-state index in [2.05, 4.69) is 52.4 Å². The van der Waals surface area contributed by atoms with E-state index in [4.69, 9.17) is 4.74 Å². The van der Waals surface area contributed by atoms with E-state index in [1.807, 2.05) is 18.2 Å². The minimum atomic E-state index is 0.610. The molecule has 0 radical (unpaired) electrons. The Bertz CT molecular complexity index is 746. The fourth-order valence-corrected chi connectivity index (χ4v) is 2.74. The lowest BCUT2D eigenvalue weighted by molar-refractivity contribution is -0.732. The van der Waals surface area contributed by atoms with Crippen LogP contribution in [0.15, 0.2) is 54.7 Å². The van der Waals surface area contributed by atoms with Gasteiger partial charge in [0.2, 0.25) is 5.52 Å². The van der Waals surface area contributed by atoms with E-state index in [0.29, 0.717) is 6.61 Å². The summed E-state index contributed by atoms with van der Waals surface area (Å²) in [5.41, 5.74) is 2.46. The first-order chi connectivity index (χ1) is 9.90. The standard InChI is InChI=1S/C17H16N2O/c1-2-5-14(6-3-1)13-20-16-7-8-17-15(11-16)12-18-9-4-10-19(17)18/h1-3,5-9,11-12H,4,10,13H2. The van der Waals surface area contributed by atoms with Gasteiger partial charge < -0.3 is 4.74 Å². The molecule has 4 rings (SSSR count). The highest BCUT2D eigenvalue weighted by Gasteiger charge is 2.16. The normalized spacial score (nSPS) is 13.2. The smallest absolute Gasteiger partial charge is 0.218 e. The van der Waals surface area contributed by atoms with Crippen LogP contribution in [0.25, 0.3) is 10.9 Å². The number of aromatic nitrogens is 2. The summed E-state index contributed by atoms with van der Waals surface area (Å²) in [7, 11) is 0. The minimum Gasteiger partial charge on any atom is -0.489 e. The minimum absolute atomic E-state index is 0.610. The van der Waals surface area contributed by atoms with Crippen molar-refractivity contribution in [2.75, 3.05) is 0 Å². The number of ether oxygens (including phenoxy) is 1. The molecule has 1 aliphatic rings. The molecule has 0 saturated carbocycles. The Morgan fingerprint density at radius 3 is 2.95 bits per heavy atom. The maximum absolute atomic E-state index is 5.87. The Labute approximate surface area is 118 Å². The average molecular weight is 264 g/mol. The van der Waals surface area contributed by atoms with Crippen LogP contribution in [0, 0.1) is 6.54 Å². The van der Waals surface area contributed by atoms with Crippen molar-refractivity contribution in [1.82, 2.24) is 4.68 Å². The Morgan fingerprint density at radius 2 is 2.05 bits per heavy atom. The quantitative estimate of drug-likeness (QED) is 0.525. The van der Waals surface area contributed by atoms with Crippen molar-refractivity contribution in [2.24, 2.45) is 0 Å². The van der Waals surface area contributed by atoms with E-state index in [1.165, 1.54) is 16.5 Å². The highest BCUT2D eigenvalue weighted by atomic mass is 16.5. The van der Waals surface area contributed by atoms with Gasteiger partial charge in [0.25, 0.3) is 0 Å². The average Bonchev–Trinajstić information content (AvgIpc) is 3.06. The molecule has 2 aromatic carbocycles. The van der Waals surface area contributed by atoms with Crippen molar-refractivity contribution in [2.45, 2.75) is 19.6 Å². The number of fused-ring (bicyclic) bond motifs is 3. The van der Waals surface area contributed by atoms with E-state index < -0.39 is 0 Å². The molecular formula is C17H16N2O. The second-order valence-corrected chi connectivity index (χ2v) is 5.10. The Kier molecular flexibility index (Phi) is 2.62. The topological polar surface area (TPSA) is 18.0 Å². The summed E-state index contributed by atoms with van der Waals surface area (Å²) in [4.78, 5) is 0. The molecule has 3 heteroatoms. The molecule has 0 N–H and O–H groups in total. The molecule has 0 fully saturated rings. The lowest BCUT2D eigenvalue weighted by Gasteiger charge is -2.06. The Hall–Kier alpha value is -2.42. The number of rotatable bonds is 3. The molecule has 1 aliphatic heterocycles. The summed E-state index contributed by atoms with van der Waals surface area (Å²) in [6, 6.07) is 16.6. The van der Waals surface area contributed by atoms with E-state index >= 15 is 0 Å². The first-order valence-electron chi connectivity index (χ1n) is 6.95. The maximum atomic E-state index is 5.87. The SMILES string of the molecule is c1ccc(COc2ccc3c(c2)cn2[n+]3CC[CH-]2)cc1. The van der Waals surface area contributed by atoms with E-state index in [0.717, 1.165) is 18.7 Å². The van der Waals surface area contributed by atoms with Crippen LogP contribution < -0.4 is 9.42 Å². The predicted octanol–water partition coefficient (Wildman–Crippen LogP) is 2.92. The fourth-order valence-electron chi connectivity index (χ4n) is 2.74. The maximum Gasteiger partial charge on any atom is 0.218 e. The highest BCUT2D eigenvalue weighted by Crippen LogP contribution is 2.21. The van der Waals surface area contributed by atoms with Crippen LogP contribution in [-0.2, 0) is 13.2 Å². The van der Waals surface area contributed by atoms with Gasteiger partial charge in [-0.2, -0.15) is 0 Å². The summed E-state index contributed by atoms with van der Waals surface area (Å²) >= 11 is 0. The molecule has 0 saturated heterocycles. The molecule has 0 atom stereocenters. The molecule has 0 aliphatic carbocycles. The van der Waals surface area contributed by atoms with Crippen LogP contribution in [0.1, 0.15) is 12.0 Å². The van der Waals surface area contributed by atoms with Gasteiger partial charge in [0.05, 0.1) is 0 Å². The van der Waals surface area contributed by atoms with Crippen LogP contribution in [0.3, 0.4) is 0 Å². The molecule has 0 bridgehead atoms. The monoisotopic (exact) mass is 264 g/mol. The lowest BCUT2D eigenvalue weighted by Crippen LogP contribution is -2.36. The third-order valence-corrected chi connectivity index (χ3v) is 3.73. The van der Waals surface area contributed by atoms with Crippen LogP contribution in [-0.4, -0.2) is 4.68 Å². The molecule has 2 heterocycles. The number of hydrogen-bond acceptors (Lipinski definition) is 1. The number of nitrogens with zero attached hydrogens (tertiary/aromatic N) is 2. The summed E-state index contributed by atoms with van der Waals surface area (Å²) in [5, 5.41) is 1.23. The van der Waals surface area contributed by atoms with Gasteiger partial charge in [-0.25, -0.2) is 0 Å². The van der Waals surface area contributed by atoms with Crippen molar-refractivity contribution in [3.05, 3.63) is 66.8 Å². The second kappa shape index (κ2) is 4.60. The molecule has 0 amide bonds. The molecule has 100 valence electrons. The van der Waals surface area contributed by atoms with Crippen LogP contribution in [0.4, 0.5) is 0 Å². The van der Waals surface area contributed by atoms with Crippen molar-refractivity contribution < 1.29 is 9.42 Å². The van der Waals surface area contributed by atoms with Gasteiger partial charge in [-0.15, -0.1) is 4.68 Å². The molecule has 3 nitrogen and oxygen atoms in total. The predicted molar refractivity (Wildman–Crippen MR) is 77.2 cm³/mol. The zero-order valence-electron chi connectivity index (χ0n) is 11.2. The van der Waals surface area contributed by atoms with Gasteiger partial charge in [-0.1, -0.05) is 43.1 Å². The third-order valence-electron chi connectivity index (χ3n) is 3.73. The largest absolute Gasteiger partial charge is 0.489 e. The van der Waals surface area contributed by atoms with E-state index in [-0.39, 0.29) is 0 Å². The van der Waals surface area contributed by atoms with Gasteiger partial charge in [-0.05, 0) is 29.5 Å². The van der Waals surface area contributed by atoms with Crippen molar-refractivity contribution in [3.8, 4) is 5.75 Å². The van der Waals surface area contributed by atoms with Gasteiger partial charge >= 0.3 is 0 Å². The molecule has 0 spiro atoms. The van der Waals surface area contributed by atoms with E-state index in [1.54, 1.807) is 0 Å². The third kappa shape index (κ3) is 1.92. The highest BCUT2D eigenvalue weighted by molar-refractivity contribution is 5.77. The van der Waals surface area contributed by atoms with Crippen molar-refractivity contribution >= 4 is 10.9 Å². The van der Waals surface area contributed by atoms with Gasteiger partial charge in [0, 0.05) is 6.07 Å². The summed E-state index contributed by atoms with van der Waals surface area (Å²) in [6.45, 7) is 3.89. The fraction of sp³-hybridized carbons (Fsp3) is 0.176. The van der Waals surface area contributed by atoms with Gasteiger partial charge in [0.1, 0.15) is 12.4 Å². The van der Waals surface area contributed by atoms with Crippen LogP contribution >= 0.6 is 0 Å². The number of hydrogen-bond donors (Lipinski definition) is 0. The first-order valence-corrected chi connectivity index (χ1v) is 6.95.